The minimum Gasteiger partial charge on any atom is -0.481 e. The molecule has 22 heavy (non-hydrogen) atoms. The molecular formula is C17H22N2O3. The van der Waals surface area contributed by atoms with Gasteiger partial charge in [-0.2, -0.15) is 0 Å². The first-order valence-electron chi connectivity index (χ1n) is 7.91. The van der Waals surface area contributed by atoms with E-state index in [1.165, 1.54) is 17.5 Å². The van der Waals surface area contributed by atoms with Crippen molar-refractivity contribution in [2.75, 3.05) is 13.1 Å². The number of fused-ring (bicyclic) bond motifs is 1. The average molecular weight is 302 g/mol. The molecule has 2 N–H and O–H groups in total. The summed E-state index contributed by atoms with van der Waals surface area (Å²) in [6.07, 6.45) is 3.50. The van der Waals surface area contributed by atoms with Gasteiger partial charge in [-0.3, -0.25) is 9.59 Å². The third kappa shape index (κ3) is 2.93. The summed E-state index contributed by atoms with van der Waals surface area (Å²) in [7, 11) is 0. The summed E-state index contributed by atoms with van der Waals surface area (Å²) in [6.45, 7) is 2.74. The Morgan fingerprint density at radius 3 is 2.82 bits per heavy atom. The van der Waals surface area contributed by atoms with Gasteiger partial charge in [-0.1, -0.05) is 6.07 Å². The van der Waals surface area contributed by atoms with Crippen LogP contribution in [0.4, 0.5) is 0 Å². The van der Waals surface area contributed by atoms with Gasteiger partial charge in [0, 0.05) is 13.1 Å². The molecule has 1 heterocycles. The molecule has 1 aromatic rings. The van der Waals surface area contributed by atoms with Gasteiger partial charge in [0.2, 0.25) is 5.91 Å². The molecule has 0 unspecified atom stereocenters. The number of carbonyl (C=O) groups is 2. The van der Waals surface area contributed by atoms with Gasteiger partial charge >= 0.3 is 0 Å². The fourth-order valence-electron chi connectivity index (χ4n) is 3.33. The number of rotatable bonds is 4. The number of hydrogen-bond acceptors (Lipinski definition) is 3. The maximum atomic E-state index is 12.4. The Morgan fingerprint density at radius 1 is 1.32 bits per heavy atom. The van der Waals surface area contributed by atoms with E-state index in [-0.39, 0.29) is 17.7 Å². The number of amides is 2. The first-order valence-corrected chi connectivity index (χ1v) is 7.91. The summed E-state index contributed by atoms with van der Waals surface area (Å²) in [5.74, 6) is 0.107. The quantitative estimate of drug-likeness (QED) is 0.910. The molecule has 5 nitrogen and oxygen atoms in total. The van der Waals surface area contributed by atoms with E-state index in [0.717, 1.165) is 18.6 Å². The molecule has 0 radical (unpaired) electrons. The number of hydrogen-bond donors (Lipinski definition) is 1. The molecule has 0 bridgehead atoms. The Labute approximate surface area is 130 Å². The molecular weight excluding hydrogens is 280 g/mol. The predicted octanol–water partition coefficient (Wildman–Crippen LogP) is 1.28. The summed E-state index contributed by atoms with van der Waals surface area (Å²) < 4.78 is 5.80. The zero-order valence-electron chi connectivity index (χ0n) is 12.9. The van der Waals surface area contributed by atoms with E-state index < -0.39 is 6.10 Å². The number of aryl methyl sites for hydroxylation is 2. The highest BCUT2D eigenvalue weighted by atomic mass is 16.5. The number of carbonyl (C=O) groups excluding carboxylic acids is 2. The van der Waals surface area contributed by atoms with Crippen molar-refractivity contribution in [3.8, 4) is 5.75 Å². The van der Waals surface area contributed by atoms with Crippen LogP contribution >= 0.6 is 0 Å². The van der Waals surface area contributed by atoms with Crippen LogP contribution < -0.4 is 10.5 Å². The van der Waals surface area contributed by atoms with Crippen molar-refractivity contribution < 1.29 is 14.3 Å². The highest BCUT2D eigenvalue weighted by Gasteiger charge is 2.32. The summed E-state index contributed by atoms with van der Waals surface area (Å²) in [6, 6.07) is 6.07. The number of likely N-dealkylation sites (tertiary alicyclic amines) is 1. The number of ether oxygens (including phenoxy) is 1. The van der Waals surface area contributed by atoms with Crippen molar-refractivity contribution >= 4 is 11.8 Å². The Kier molecular flexibility index (Phi) is 4.05. The molecule has 0 saturated carbocycles. The van der Waals surface area contributed by atoms with E-state index in [9.17, 15) is 9.59 Å². The molecule has 0 spiro atoms. The lowest BCUT2D eigenvalue weighted by molar-refractivity contribution is -0.137. The van der Waals surface area contributed by atoms with Crippen LogP contribution in [-0.2, 0) is 22.4 Å². The van der Waals surface area contributed by atoms with E-state index in [1.54, 1.807) is 11.8 Å². The largest absolute Gasteiger partial charge is 0.481 e. The highest BCUT2D eigenvalue weighted by molar-refractivity contribution is 5.83. The van der Waals surface area contributed by atoms with Crippen LogP contribution in [-0.4, -0.2) is 35.9 Å². The van der Waals surface area contributed by atoms with Gasteiger partial charge in [-0.25, -0.2) is 0 Å². The fourth-order valence-corrected chi connectivity index (χ4v) is 3.33. The molecule has 2 aliphatic rings. The Bertz CT molecular complexity index is 600. The minimum atomic E-state index is -0.550. The Hall–Kier alpha value is -2.04. The van der Waals surface area contributed by atoms with Crippen LogP contribution in [0, 0.1) is 5.92 Å². The van der Waals surface area contributed by atoms with E-state index in [0.29, 0.717) is 19.5 Å². The number of nitrogens with zero attached hydrogens (tertiary/aromatic N) is 1. The lowest BCUT2D eigenvalue weighted by Gasteiger charge is -2.22. The van der Waals surface area contributed by atoms with Crippen LogP contribution in [0.1, 0.15) is 30.9 Å². The lowest BCUT2D eigenvalue weighted by Crippen LogP contribution is -2.40. The zero-order chi connectivity index (χ0) is 15.7. The zero-order valence-corrected chi connectivity index (χ0v) is 12.9. The lowest BCUT2D eigenvalue weighted by atomic mass is 10.1. The summed E-state index contributed by atoms with van der Waals surface area (Å²) in [5, 5.41) is 0. The second-order valence-electron chi connectivity index (χ2n) is 6.22. The third-order valence-corrected chi connectivity index (χ3v) is 4.63. The van der Waals surface area contributed by atoms with E-state index in [2.05, 4.69) is 6.07 Å². The SMILES string of the molecule is C[C@@H](Oc1ccc2c(c1)CCC2)C(=O)N1CC[C@@H](C(N)=O)C1. The second kappa shape index (κ2) is 5.99. The molecule has 118 valence electrons. The standard InChI is InChI=1S/C17H22N2O3/c1-11(17(21)19-8-7-14(10-19)16(18)20)22-15-6-5-12-3-2-4-13(12)9-15/h5-6,9,11,14H,2-4,7-8,10H2,1H3,(H2,18,20)/t11-,14-/m1/s1. The van der Waals surface area contributed by atoms with E-state index >= 15 is 0 Å². The Balaban J connectivity index is 1.61. The summed E-state index contributed by atoms with van der Waals surface area (Å²) in [4.78, 5) is 25.3. The first-order chi connectivity index (χ1) is 10.5. The molecule has 1 aromatic carbocycles. The summed E-state index contributed by atoms with van der Waals surface area (Å²) in [5.41, 5.74) is 8.01. The van der Waals surface area contributed by atoms with E-state index in [1.807, 2.05) is 12.1 Å². The molecule has 1 fully saturated rings. The third-order valence-electron chi connectivity index (χ3n) is 4.63. The van der Waals surface area contributed by atoms with Crippen molar-refractivity contribution in [3.05, 3.63) is 29.3 Å². The fraction of sp³-hybridized carbons (Fsp3) is 0.529. The topological polar surface area (TPSA) is 72.6 Å². The second-order valence-corrected chi connectivity index (χ2v) is 6.22. The van der Waals surface area contributed by atoms with Crippen molar-refractivity contribution in [2.24, 2.45) is 11.7 Å². The van der Waals surface area contributed by atoms with Crippen molar-refractivity contribution in [3.63, 3.8) is 0 Å². The molecule has 1 aliphatic carbocycles. The average Bonchev–Trinajstić information content (AvgIpc) is 3.15. The Morgan fingerprint density at radius 2 is 2.09 bits per heavy atom. The molecule has 5 heteroatoms. The molecule has 1 saturated heterocycles. The minimum absolute atomic E-state index is 0.0794. The predicted molar refractivity (Wildman–Crippen MR) is 82.4 cm³/mol. The van der Waals surface area contributed by atoms with Gasteiger partial charge in [0.25, 0.3) is 5.91 Å². The van der Waals surface area contributed by atoms with E-state index in [4.69, 9.17) is 10.5 Å². The van der Waals surface area contributed by atoms with Gasteiger partial charge in [0.15, 0.2) is 6.10 Å². The van der Waals surface area contributed by atoms with Gasteiger partial charge in [-0.15, -0.1) is 0 Å². The normalized spacial score (nSPS) is 21.5. The van der Waals surface area contributed by atoms with Crippen molar-refractivity contribution in [1.82, 2.24) is 4.90 Å². The molecule has 2 amide bonds. The van der Waals surface area contributed by atoms with Gasteiger partial charge < -0.3 is 15.4 Å². The van der Waals surface area contributed by atoms with Crippen LogP contribution in [0.3, 0.4) is 0 Å². The van der Waals surface area contributed by atoms with Gasteiger partial charge in [0.05, 0.1) is 5.92 Å². The highest BCUT2D eigenvalue weighted by Crippen LogP contribution is 2.27. The maximum Gasteiger partial charge on any atom is 0.263 e. The van der Waals surface area contributed by atoms with Crippen LogP contribution in [0.5, 0.6) is 5.75 Å². The monoisotopic (exact) mass is 302 g/mol. The van der Waals surface area contributed by atoms with Gasteiger partial charge in [0.1, 0.15) is 5.75 Å². The molecule has 3 rings (SSSR count). The number of benzene rings is 1. The van der Waals surface area contributed by atoms with Crippen molar-refractivity contribution in [1.29, 1.82) is 0 Å². The maximum absolute atomic E-state index is 12.4. The number of primary amides is 1. The molecule has 2 atom stereocenters. The van der Waals surface area contributed by atoms with Crippen LogP contribution in [0.15, 0.2) is 18.2 Å². The summed E-state index contributed by atoms with van der Waals surface area (Å²) >= 11 is 0. The molecule has 1 aliphatic heterocycles. The van der Waals surface area contributed by atoms with Crippen molar-refractivity contribution in [2.45, 2.75) is 38.7 Å². The van der Waals surface area contributed by atoms with Gasteiger partial charge in [-0.05, 0) is 55.9 Å². The first kappa shape index (κ1) is 14.9. The molecule has 0 aromatic heterocycles. The number of nitrogens with two attached hydrogens (primary N) is 1. The van der Waals surface area contributed by atoms with Crippen LogP contribution in [0.2, 0.25) is 0 Å². The smallest absolute Gasteiger partial charge is 0.263 e. The van der Waals surface area contributed by atoms with Crippen LogP contribution in [0.25, 0.3) is 0 Å².